The quantitative estimate of drug-likeness (QED) is 0.596. The first kappa shape index (κ1) is 20.4. The van der Waals surface area contributed by atoms with E-state index in [1.54, 1.807) is 40.7 Å². The van der Waals surface area contributed by atoms with Gasteiger partial charge in [-0.15, -0.1) is 0 Å². The Morgan fingerprint density at radius 2 is 1.70 bits per heavy atom. The monoisotopic (exact) mass is 371 g/mol. The Hall–Kier alpha value is -2.89. The van der Waals surface area contributed by atoms with Crippen molar-refractivity contribution in [3.63, 3.8) is 0 Å². The number of methoxy groups -OCH3 is 1. The predicted molar refractivity (Wildman–Crippen MR) is 102 cm³/mol. The Labute approximate surface area is 159 Å². The summed E-state index contributed by atoms with van der Waals surface area (Å²) in [5, 5.41) is 0. The number of carbonyl (C=O) groups excluding carboxylic acids is 3. The van der Waals surface area contributed by atoms with Crippen LogP contribution < -0.4 is 0 Å². The van der Waals surface area contributed by atoms with Crippen LogP contribution in [0, 0.1) is 0 Å². The number of carbonyl (C=O) groups is 3. The van der Waals surface area contributed by atoms with Gasteiger partial charge in [-0.25, -0.2) is 9.69 Å². The van der Waals surface area contributed by atoms with Gasteiger partial charge in [-0.2, -0.15) is 0 Å². The Morgan fingerprint density at radius 1 is 1.11 bits per heavy atom. The molecule has 0 aliphatic carbocycles. The van der Waals surface area contributed by atoms with Gasteiger partial charge in [0.1, 0.15) is 22.5 Å². The molecule has 1 aromatic rings. The van der Waals surface area contributed by atoms with Crippen LogP contribution in [0.25, 0.3) is 6.08 Å². The first-order valence-corrected chi connectivity index (χ1v) is 8.63. The van der Waals surface area contributed by atoms with Crippen LogP contribution in [0.1, 0.15) is 40.2 Å². The van der Waals surface area contributed by atoms with Crippen LogP contribution in [0.2, 0.25) is 0 Å². The maximum Gasteiger partial charge on any atom is 0.418 e. The SMILES string of the molecule is COC1=C(C(=O)/C=C/c2ccccc2)C(=O)N(C(=O)OC(C)(C)C)C1(C)C. The van der Waals surface area contributed by atoms with E-state index in [1.807, 2.05) is 30.3 Å². The zero-order chi connectivity index (χ0) is 20.4. The lowest BCUT2D eigenvalue weighted by Crippen LogP contribution is -2.49. The summed E-state index contributed by atoms with van der Waals surface area (Å²) in [7, 11) is 1.37. The standard InChI is InChI=1S/C21H25NO5/c1-20(2,3)27-19(25)22-18(24)16(17(26-6)21(22,4)5)15(23)13-12-14-10-8-7-9-11-14/h7-13H,1-6H3/b13-12+. The number of amides is 2. The van der Waals surface area contributed by atoms with Crippen LogP contribution in [-0.2, 0) is 19.1 Å². The molecule has 0 fully saturated rings. The van der Waals surface area contributed by atoms with E-state index in [9.17, 15) is 14.4 Å². The lowest BCUT2D eigenvalue weighted by molar-refractivity contribution is -0.129. The van der Waals surface area contributed by atoms with Crippen molar-refractivity contribution in [3.05, 3.63) is 53.3 Å². The first-order chi connectivity index (χ1) is 12.5. The summed E-state index contributed by atoms with van der Waals surface area (Å²) >= 11 is 0. The van der Waals surface area contributed by atoms with Crippen molar-refractivity contribution < 1.29 is 23.9 Å². The van der Waals surface area contributed by atoms with Gasteiger partial charge in [0, 0.05) is 0 Å². The van der Waals surface area contributed by atoms with Crippen molar-refractivity contribution in [3.8, 4) is 0 Å². The van der Waals surface area contributed by atoms with E-state index in [0.717, 1.165) is 10.5 Å². The molecule has 2 amide bonds. The minimum atomic E-state index is -1.14. The number of ether oxygens (including phenoxy) is 2. The molecule has 1 aliphatic rings. The van der Waals surface area contributed by atoms with Crippen LogP contribution in [-0.4, -0.2) is 40.9 Å². The molecule has 0 saturated carbocycles. The molecule has 27 heavy (non-hydrogen) atoms. The van der Waals surface area contributed by atoms with Crippen molar-refractivity contribution in [1.29, 1.82) is 0 Å². The summed E-state index contributed by atoms with van der Waals surface area (Å²) in [6.45, 7) is 8.39. The fraction of sp³-hybridized carbons (Fsp3) is 0.381. The average Bonchev–Trinajstić information content (AvgIpc) is 2.76. The highest BCUT2D eigenvalue weighted by Crippen LogP contribution is 2.37. The van der Waals surface area contributed by atoms with E-state index in [0.29, 0.717) is 0 Å². The van der Waals surface area contributed by atoms with Gasteiger partial charge in [0.2, 0.25) is 0 Å². The molecular formula is C21H25NO5. The predicted octanol–water partition coefficient (Wildman–Crippen LogP) is 3.73. The second kappa shape index (κ2) is 7.39. The minimum absolute atomic E-state index is 0.140. The van der Waals surface area contributed by atoms with Gasteiger partial charge in [0.05, 0.1) is 7.11 Å². The molecule has 0 unspecified atom stereocenters. The zero-order valence-corrected chi connectivity index (χ0v) is 16.5. The molecule has 2 rings (SSSR count). The fourth-order valence-electron chi connectivity index (χ4n) is 2.88. The number of benzene rings is 1. The van der Waals surface area contributed by atoms with Crippen LogP contribution >= 0.6 is 0 Å². The fourth-order valence-corrected chi connectivity index (χ4v) is 2.88. The molecule has 0 spiro atoms. The van der Waals surface area contributed by atoms with Crippen molar-refractivity contribution in [2.75, 3.05) is 7.11 Å². The molecule has 0 saturated heterocycles. The van der Waals surface area contributed by atoms with Crippen molar-refractivity contribution in [1.82, 2.24) is 4.90 Å². The number of allylic oxidation sites excluding steroid dienone is 1. The van der Waals surface area contributed by atoms with Gasteiger partial charge in [0.25, 0.3) is 5.91 Å². The lowest BCUT2D eigenvalue weighted by atomic mass is 10.0. The third kappa shape index (κ3) is 4.27. The molecule has 0 bridgehead atoms. The number of nitrogens with zero attached hydrogens (tertiary/aromatic N) is 1. The third-order valence-electron chi connectivity index (χ3n) is 4.01. The van der Waals surface area contributed by atoms with Crippen LogP contribution in [0.15, 0.2) is 47.7 Å². The molecule has 1 aromatic carbocycles. The normalized spacial score (nSPS) is 16.8. The molecule has 6 heteroatoms. The molecule has 1 aliphatic heterocycles. The zero-order valence-electron chi connectivity index (χ0n) is 16.5. The largest absolute Gasteiger partial charge is 0.498 e. The Bertz CT molecular complexity index is 813. The van der Waals surface area contributed by atoms with E-state index >= 15 is 0 Å². The van der Waals surface area contributed by atoms with E-state index < -0.39 is 28.9 Å². The lowest BCUT2D eigenvalue weighted by Gasteiger charge is -2.33. The molecule has 0 N–H and O–H groups in total. The number of ketones is 1. The summed E-state index contributed by atoms with van der Waals surface area (Å²) in [4.78, 5) is 39.1. The molecule has 6 nitrogen and oxygen atoms in total. The second-order valence-corrected chi connectivity index (χ2v) is 7.70. The van der Waals surface area contributed by atoms with Crippen LogP contribution in [0.3, 0.4) is 0 Å². The summed E-state index contributed by atoms with van der Waals surface area (Å²) in [5.74, 6) is -1.12. The Balaban J connectivity index is 2.37. The molecule has 0 radical (unpaired) electrons. The maximum atomic E-state index is 12.9. The summed E-state index contributed by atoms with van der Waals surface area (Å²) in [6.07, 6.45) is 2.09. The highest BCUT2D eigenvalue weighted by Gasteiger charge is 2.52. The number of rotatable bonds is 4. The number of hydrogen-bond donors (Lipinski definition) is 0. The topological polar surface area (TPSA) is 72.9 Å². The van der Waals surface area contributed by atoms with E-state index in [-0.39, 0.29) is 11.3 Å². The van der Waals surface area contributed by atoms with E-state index in [2.05, 4.69) is 0 Å². The van der Waals surface area contributed by atoms with Crippen molar-refractivity contribution >= 4 is 23.9 Å². The highest BCUT2D eigenvalue weighted by atomic mass is 16.6. The number of imide groups is 1. The van der Waals surface area contributed by atoms with Crippen molar-refractivity contribution in [2.24, 2.45) is 0 Å². The van der Waals surface area contributed by atoms with Gasteiger partial charge in [-0.3, -0.25) is 9.59 Å². The smallest absolute Gasteiger partial charge is 0.418 e. The van der Waals surface area contributed by atoms with Gasteiger partial charge in [0.15, 0.2) is 5.78 Å². The molecule has 0 atom stereocenters. The molecule has 144 valence electrons. The maximum absolute atomic E-state index is 12.9. The van der Waals surface area contributed by atoms with Gasteiger partial charge in [-0.05, 0) is 46.3 Å². The van der Waals surface area contributed by atoms with Crippen molar-refractivity contribution in [2.45, 2.75) is 45.8 Å². The molecule has 1 heterocycles. The second-order valence-electron chi connectivity index (χ2n) is 7.70. The van der Waals surface area contributed by atoms with Crippen LogP contribution in [0.5, 0.6) is 0 Å². The van der Waals surface area contributed by atoms with E-state index in [1.165, 1.54) is 13.2 Å². The summed E-state index contributed by atoms with van der Waals surface area (Å²) < 4.78 is 10.7. The minimum Gasteiger partial charge on any atom is -0.498 e. The molecular weight excluding hydrogens is 346 g/mol. The van der Waals surface area contributed by atoms with E-state index in [4.69, 9.17) is 9.47 Å². The highest BCUT2D eigenvalue weighted by molar-refractivity contribution is 6.28. The average molecular weight is 371 g/mol. The first-order valence-electron chi connectivity index (χ1n) is 8.63. The molecule has 0 aromatic heterocycles. The van der Waals surface area contributed by atoms with Gasteiger partial charge >= 0.3 is 6.09 Å². The summed E-state index contributed by atoms with van der Waals surface area (Å²) in [5.41, 5.74) is -1.26. The van der Waals surface area contributed by atoms with Gasteiger partial charge in [-0.1, -0.05) is 36.4 Å². The van der Waals surface area contributed by atoms with Gasteiger partial charge < -0.3 is 9.47 Å². The summed E-state index contributed by atoms with van der Waals surface area (Å²) in [6, 6.07) is 9.23. The third-order valence-corrected chi connectivity index (χ3v) is 4.01. The Kier molecular flexibility index (Phi) is 5.59. The number of hydrogen-bond acceptors (Lipinski definition) is 5. The Morgan fingerprint density at radius 3 is 2.22 bits per heavy atom. The van der Waals surface area contributed by atoms with Crippen LogP contribution in [0.4, 0.5) is 4.79 Å².